The summed E-state index contributed by atoms with van der Waals surface area (Å²) in [5, 5.41) is 15.3. The number of hydrogen-bond acceptors (Lipinski definition) is 3. The molecule has 0 saturated carbocycles. The van der Waals surface area contributed by atoms with E-state index in [1.165, 1.54) is 0 Å². The van der Waals surface area contributed by atoms with Crippen molar-refractivity contribution in [3.63, 3.8) is 0 Å². The van der Waals surface area contributed by atoms with Crippen LogP contribution in [0.15, 0.2) is 22.5 Å². The van der Waals surface area contributed by atoms with E-state index in [-0.39, 0.29) is 5.70 Å². The standard InChI is InChI=1S/C7H12N2O2/c1-3-4-5-8-9-6(2)7(10)11/h2-5H2,1H3,(H,10,11)/b9-8+. The summed E-state index contributed by atoms with van der Waals surface area (Å²) in [6, 6.07) is 0. The van der Waals surface area contributed by atoms with Gasteiger partial charge in [-0.1, -0.05) is 19.9 Å². The summed E-state index contributed by atoms with van der Waals surface area (Å²) >= 11 is 0. The molecule has 0 bridgehead atoms. The van der Waals surface area contributed by atoms with Crippen molar-refractivity contribution in [2.24, 2.45) is 10.2 Å². The van der Waals surface area contributed by atoms with Crippen LogP contribution >= 0.6 is 0 Å². The van der Waals surface area contributed by atoms with Gasteiger partial charge in [-0.15, -0.1) is 5.11 Å². The van der Waals surface area contributed by atoms with Crippen LogP contribution in [0.3, 0.4) is 0 Å². The van der Waals surface area contributed by atoms with Crippen LogP contribution in [0.25, 0.3) is 0 Å². The van der Waals surface area contributed by atoms with Gasteiger partial charge in [0.2, 0.25) is 0 Å². The fourth-order valence-electron chi connectivity index (χ4n) is 0.407. The Hall–Kier alpha value is -1.19. The molecule has 11 heavy (non-hydrogen) atoms. The molecule has 0 aromatic carbocycles. The Labute approximate surface area is 65.6 Å². The third kappa shape index (κ3) is 5.26. The van der Waals surface area contributed by atoms with E-state index in [9.17, 15) is 4.79 Å². The van der Waals surface area contributed by atoms with Crippen molar-refractivity contribution < 1.29 is 9.90 Å². The van der Waals surface area contributed by atoms with Gasteiger partial charge in [0.15, 0.2) is 5.70 Å². The monoisotopic (exact) mass is 156 g/mol. The van der Waals surface area contributed by atoms with Gasteiger partial charge in [0.05, 0.1) is 6.54 Å². The largest absolute Gasteiger partial charge is 0.476 e. The van der Waals surface area contributed by atoms with E-state index in [2.05, 4.69) is 16.8 Å². The number of azo groups is 1. The zero-order valence-corrected chi connectivity index (χ0v) is 6.58. The Morgan fingerprint density at radius 3 is 2.73 bits per heavy atom. The van der Waals surface area contributed by atoms with Gasteiger partial charge in [-0.25, -0.2) is 4.79 Å². The number of carboxylic acid groups (broad SMARTS) is 1. The summed E-state index contributed by atoms with van der Waals surface area (Å²) < 4.78 is 0. The second-order valence-electron chi connectivity index (χ2n) is 2.07. The lowest BCUT2D eigenvalue weighted by atomic mass is 10.3. The van der Waals surface area contributed by atoms with Crippen LogP contribution < -0.4 is 0 Å². The highest BCUT2D eigenvalue weighted by molar-refractivity contribution is 5.85. The molecular weight excluding hydrogens is 144 g/mol. The molecule has 0 radical (unpaired) electrons. The number of nitrogens with zero attached hydrogens (tertiary/aromatic N) is 2. The maximum atomic E-state index is 10.1. The lowest BCUT2D eigenvalue weighted by molar-refractivity contribution is -0.132. The third-order valence-corrected chi connectivity index (χ3v) is 1.05. The molecule has 4 nitrogen and oxygen atoms in total. The van der Waals surface area contributed by atoms with Crippen LogP contribution in [0.4, 0.5) is 0 Å². The lowest BCUT2D eigenvalue weighted by Crippen LogP contribution is -1.94. The first-order valence-corrected chi connectivity index (χ1v) is 3.48. The van der Waals surface area contributed by atoms with Crippen LogP contribution in [0.2, 0.25) is 0 Å². The number of carboxylic acids is 1. The van der Waals surface area contributed by atoms with Gasteiger partial charge in [0, 0.05) is 0 Å². The van der Waals surface area contributed by atoms with Crippen LogP contribution in [0, 0.1) is 0 Å². The smallest absolute Gasteiger partial charge is 0.355 e. The predicted octanol–water partition coefficient (Wildman–Crippen LogP) is 1.84. The topological polar surface area (TPSA) is 62.0 Å². The van der Waals surface area contributed by atoms with Crippen LogP contribution in [-0.4, -0.2) is 17.6 Å². The molecule has 0 unspecified atom stereocenters. The molecule has 0 aliphatic heterocycles. The summed E-state index contributed by atoms with van der Waals surface area (Å²) in [6.07, 6.45) is 1.95. The van der Waals surface area contributed by atoms with Gasteiger partial charge >= 0.3 is 5.97 Å². The molecule has 0 spiro atoms. The number of rotatable bonds is 5. The minimum Gasteiger partial charge on any atom is -0.476 e. The summed E-state index contributed by atoms with van der Waals surface area (Å²) in [4.78, 5) is 10.1. The average Bonchev–Trinajstić information content (AvgIpc) is 1.97. The fourth-order valence-corrected chi connectivity index (χ4v) is 0.407. The van der Waals surface area contributed by atoms with Gasteiger partial charge in [0.1, 0.15) is 0 Å². The Morgan fingerprint density at radius 2 is 2.27 bits per heavy atom. The molecule has 0 saturated heterocycles. The lowest BCUT2D eigenvalue weighted by Gasteiger charge is -1.89. The van der Waals surface area contributed by atoms with Gasteiger partial charge < -0.3 is 5.11 Å². The SMILES string of the molecule is C=C(/N=N/CCCC)C(=O)O. The van der Waals surface area contributed by atoms with E-state index in [4.69, 9.17) is 5.11 Å². The van der Waals surface area contributed by atoms with Crippen molar-refractivity contribution in [1.29, 1.82) is 0 Å². The Bertz CT molecular complexity index is 175. The van der Waals surface area contributed by atoms with Crippen molar-refractivity contribution in [3.8, 4) is 0 Å². The zero-order valence-electron chi connectivity index (χ0n) is 6.58. The molecule has 0 rings (SSSR count). The van der Waals surface area contributed by atoms with E-state index in [1.54, 1.807) is 0 Å². The third-order valence-electron chi connectivity index (χ3n) is 1.05. The minimum absolute atomic E-state index is 0.207. The molecule has 0 amide bonds. The highest BCUT2D eigenvalue weighted by Crippen LogP contribution is 1.94. The predicted molar refractivity (Wildman–Crippen MR) is 41.4 cm³/mol. The number of aliphatic carboxylic acids is 1. The number of hydrogen-bond donors (Lipinski definition) is 1. The molecule has 0 aromatic heterocycles. The van der Waals surface area contributed by atoms with Crippen LogP contribution in [0.1, 0.15) is 19.8 Å². The summed E-state index contributed by atoms with van der Waals surface area (Å²) in [5.41, 5.74) is -0.207. The van der Waals surface area contributed by atoms with Crippen molar-refractivity contribution in [2.75, 3.05) is 6.54 Å². The van der Waals surface area contributed by atoms with Crippen LogP contribution in [-0.2, 0) is 4.79 Å². The molecule has 4 heteroatoms. The average molecular weight is 156 g/mol. The van der Waals surface area contributed by atoms with E-state index >= 15 is 0 Å². The molecule has 0 aromatic rings. The normalized spacial score (nSPS) is 10.3. The summed E-state index contributed by atoms with van der Waals surface area (Å²) in [6.45, 7) is 5.79. The van der Waals surface area contributed by atoms with E-state index in [1.807, 2.05) is 6.92 Å². The fraction of sp³-hybridized carbons (Fsp3) is 0.571. The maximum Gasteiger partial charge on any atom is 0.355 e. The summed E-state index contributed by atoms with van der Waals surface area (Å²) in [5.74, 6) is -1.12. The van der Waals surface area contributed by atoms with Crippen molar-refractivity contribution in [3.05, 3.63) is 12.3 Å². The first kappa shape index (κ1) is 9.81. The highest BCUT2D eigenvalue weighted by Gasteiger charge is 1.99. The van der Waals surface area contributed by atoms with Crippen molar-refractivity contribution >= 4 is 5.97 Å². The Morgan fingerprint density at radius 1 is 1.64 bits per heavy atom. The molecule has 0 atom stereocenters. The Kier molecular flexibility index (Phi) is 4.98. The van der Waals surface area contributed by atoms with E-state index < -0.39 is 5.97 Å². The van der Waals surface area contributed by atoms with Gasteiger partial charge in [-0.05, 0) is 6.42 Å². The molecule has 0 fully saturated rings. The minimum atomic E-state index is -1.12. The van der Waals surface area contributed by atoms with E-state index in [0.717, 1.165) is 12.8 Å². The second kappa shape index (κ2) is 5.58. The molecule has 0 heterocycles. The molecule has 0 aliphatic rings. The maximum absolute atomic E-state index is 10.1. The first-order valence-electron chi connectivity index (χ1n) is 3.48. The van der Waals surface area contributed by atoms with Crippen molar-refractivity contribution in [2.45, 2.75) is 19.8 Å². The zero-order chi connectivity index (χ0) is 8.69. The molecule has 1 N–H and O–H groups in total. The summed E-state index contributed by atoms with van der Waals surface area (Å²) in [7, 11) is 0. The second-order valence-corrected chi connectivity index (χ2v) is 2.07. The van der Waals surface area contributed by atoms with Crippen molar-refractivity contribution in [1.82, 2.24) is 0 Å². The molecule has 62 valence electrons. The quantitative estimate of drug-likeness (QED) is 0.375. The number of carbonyl (C=O) groups is 1. The van der Waals surface area contributed by atoms with Gasteiger partial charge in [0.25, 0.3) is 0 Å². The number of unbranched alkanes of at least 4 members (excludes halogenated alkanes) is 1. The molecular formula is C7H12N2O2. The van der Waals surface area contributed by atoms with Gasteiger partial charge in [-0.3, -0.25) is 0 Å². The highest BCUT2D eigenvalue weighted by atomic mass is 16.4. The van der Waals surface area contributed by atoms with Gasteiger partial charge in [-0.2, -0.15) is 5.11 Å². The molecule has 0 aliphatic carbocycles. The first-order chi connectivity index (χ1) is 5.18. The Balaban J connectivity index is 3.57. The van der Waals surface area contributed by atoms with E-state index in [0.29, 0.717) is 6.54 Å². The van der Waals surface area contributed by atoms with Crippen LogP contribution in [0.5, 0.6) is 0 Å².